The quantitative estimate of drug-likeness (QED) is 0.729. The minimum atomic E-state index is -0.937. The maximum atomic E-state index is 11.4. The SMILES string of the molecule is CC(C)(C)NC(C(N)=O)C(O)c1ccccc1. The van der Waals surface area contributed by atoms with E-state index >= 15 is 0 Å². The van der Waals surface area contributed by atoms with Crippen molar-refractivity contribution in [3.63, 3.8) is 0 Å². The summed E-state index contributed by atoms with van der Waals surface area (Å²) in [6.07, 6.45) is -0.937. The van der Waals surface area contributed by atoms with Gasteiger partial charge in [0, 0.05) is 5.54 Å². The van der Waals surface area contributed by atoms with Crippen LogP contribution in [0.5, 0.6) is 0 Å². The van der Waals surface area contributed by atoms with Gasteiger partial charge in [0.25, 0.3) is 0 Å². The first-order valence-corrected chi connectivity index (χ1v) is 5.61. The third-order valence-electron chi connectivity index (χ3n) is 2.35. The van der Waals surface area contributed by atoms with Gasteiger partial charge in [-0.25, -0.2) is 0 Å². The second-order valence-corrected chi connectivity index (χ2v) is 5.13. The Labute approximate surface area is 102 Å². The van der Waals surface area contributed by atoms with Crippen molar-refractivity contribution in [2.75, 3.05) is 0 Å². The van der Waals surface area contributed by atoms with Crippen LogP contribution >= 0.6 is 0 Å². The normalized spacial score (nSPS) is 15.3. The summed E-state index contributed by atoms with van der Waals surface area (Å²) >= 11 is 0. The molecule has 2 atom stereocenters. The number of carbonyl (C=O) groups is 1. The molecule has 0 saturated heterocycles. The summed E-state index contributed by atoms with van der Waals surface area (Å²) in [5.74, 6) is -0.559. The summed E-state index contributed by atoms with van der Waals surface area (Å²) < 4.78 is 0. The highest BCUT2D eigenvalue weighted by Crippen LogP contribution is 2.18. The van der Waals surface area contributed by atoms with Crippen LogP contribution in [0.2, 0.25) is 0 Å². The van der Waals surface area contributed by atoms with Gasteiger partial charge in [-0.1, -0.05) is 30.3 Å². The number of primary amides is 1. The summed E-state index contributed by atoms with van der Waals surface area (Å²) in [6.45, 7) is 5.75. The molecule has 1 aromatic rings. The largest absolute Gasteiger partial charge is 0.386 e. The zero-order valence-electron chi connectivity index (χ0n) is 10.5. The maximum absolute atomic E-state index is 11.4. The molecule has 0 bridgehead atoms. The average molecular weight is 236 g/mol. The molecule has 0 spiro atoms. The number of rotatable bonds is 4. The molecule has 0 aliphatic rings. The third-order valence-corrected chi connectivity index (χ3v) is 2.35. The molecular weight excluding hydrogens is 216 g/mol. The van der Waals surface area contributed by atoms with E-state index in [-0.39, 0.29) is 5.54 Å². The first kappa shape index (κ1) is 13.7. The lowest BCUT2D eigenvalue weighted by Crippen LogP contribution is -2.53. The molecule has 0 fully saturated rings. The Bertz CT molecular complexity index is 371. The molecule has 2 unspecified atom stereocenters. The van der Waals surface area contributed by atoms with Crippen LogP contribution in [0.1, 0.15) is 32.4 Å². The minimum absolute atomic E-state index is 0.296. The lowest BCUT2D eigenvalue weighted by molar-refractivity contribution is -0.123. The van der Waals surface area contributed by atoms with Crippen LogP contribution in [0.25, 0.3) is 0 Å². The Morgan fingerprint density at radius 3 is 2.24 bits per heavy atom. The molecule has 4 N–H and O–H groups in total. The summed E-state index contributed by atoms with van der Waals surface area (Å²) in [5.41, 5.74) is 5.70. The Balaban J connectivity index is 2.89. The first-order valence-electron chi connectivity index (χ1n) is 5.61. The topological polar surface area (TPSA) is 75.3 Å². The van der Waals surface area contributed by atoms with Gasteiger partial charge in [-0.05, 0) is 26.3 Å². The van der Waals surface area contributed by atoms with Crippen LogP contribution in [0.3, 0.4) is 0 Å². The molecule has 0 radical (unpaired) electrons. The molecule has 94 valence electrons. The van der Waals surface area contributed by atoms with Crippen LogP contribution < -0.4 is 11.1 Å². The van der Waals surface area contributed by atoms with Crippen molar-refractivity contribution in [2.24, 2.45) is 5.73 Å². The fraction of sp³-hybridized carbons (Fsp3) is 0.462. The van der Waals surface area contributed by atoms with E-state index in [4.69, 9.17) is 5.73 Å². The molecule has 1 rings (SSSR count). The van der Waals surface area contributed by atoms with E-state index in [9.17, 15) is 9.90 Å². The summed E-state index contributed by atoms with van der Waals surface area (Å²) in [7, 11) is 0. The number of aliphatic hydroxyl groups excluding tert-OH is 1. The number of amides is 1. The molecule has 1 amide bonds. The molecule has 4 nitrogen and oxygen atoms in total. The molecule has 4 heteroatoms. The highest BCUT2D eigenvalue weighted by atomic mass is 16.3. The van der Waals surface area contributed by atoms with Gasteiger partial charge < -0.3 is 10.8 Å². The number of nitrogens with one attached hydrogen (secondary N) is 1. The van der Waals surface area contributed by atoms with E-state index in [1.165, 1.54) is 0 Å². The Morgan fingerprint density at radius 2 is 1.82 bits per heavy atom. The monoisotopic (exact) mass is 236 g/mol. The van der Waals surface area contributed by atoms with Gasteiger partial charge in [0.15, 0.2) is 0 Å². The number of hydrogen-bond acceptors (Lipinski definition) is 3. The number of carbonyl (C=O) groups excluding carboxylic acids is 1. The Hall–Kier alpha value is -1.39. The molecular formula is C13H20N2O2. The van der Waals surface area contributed by atoms with Gasteiger partial charge in [-0.2, -0.15) is 0 Å². The predicted octanol–water partition coefficient (Wildman–Crippen LogP) is 0.962. The van der Waals surface area contributed by atoms with Gasteiger partial charge in [-0.3, -0.25) is 10.1 Å². The molecule has 0 aliphatic carbocycles. The fourth-order valence-corrected chi connectivity index (χ4v) is 1.61. The molecule has 0 heterocycles. The van der Waals surface area contributed by atoms with Gasteiger partial charge in [0.1, 0.15) is 12.1 Å². The molecule has 0 aromatic heterocycles. The van der Waals surface area contributed by atoms with Crippen LogP contribution in [0, 0.1) is 0 Å². The van der Waals surface area contributed by atoms with Crippen LogP contribution in [-0.2, 0) is 4.79 Å². The summed E-state index contributed by atoms with van der Waals surface area (Å²) in [6, 6.07) is 8.22. The van der Waals surface area contributed by atoms with Gasteiger partial charge in [0.05, 0.1) is 0 Å². The lowest BCUT2D eigenvalue weighted by Gasteiger charge is -2.29. The highest BCUT2D eigenvalue weighted by Gasteiger charge is 2.29. The van der Waals surface area contributed by atoms with E-state index in [0.717, 1.165) is 0 Å². The smallest absolute Gasteiger partial charge is 0.237 e. The van der Waals surface area contributed by atoms with E-state index in [1.54, 1.807) is 12.1 Å². The maximum Gasteiger partial charge on any atom is 0.237 e. The van der Waals surface area contributed by atoms with E-state index in [2.05, 4.69) is 5.32 Å². The fourth-order valence-electron chi connectivity index (χ4n) is 1.61. The minimum Gasteiger partial charge on any atom is -0.386 e. The van der Waals surface area contributed by atoms with Crippen molar-refractivity contribution in [1.29, 1.82) is 0 Å². The highest BCUT2D eigenvalue weighted by molar-refractivity contribution is 5.80. The standard InChI is InChI=1S/C13H20N2O2/c1-13(2,3)15-10(12(14)17)11(16)9-7-5-4-6-8-9/h4-8,10-11,15-16H,1-3H3,(H2,14,17). The van der Waals surface area contributed by atoms with Crippen LogP contribution in [0.4, 0.5) is 0 Å². The number of benzene rings is 1. The third kappa shape index (κ3) is 4.17. The van der Waals surface area contributed by atoms with Crippen LogP contribution in [0.15, 0.2) is 30.3 Å². The number of aliphatic hydroxyl groups is 1. The van der Waals surface area contributed by atoms with Gasteiger partial charge >= 0.3 is 0 Å². The molecule has 0 aliphatic heterocycles. The zero-order valence-corrected chi connectivity index (χ0v) is 10.5. The lowest BCUT2D eigenvalue weighted by atomic mass is 9.98. The van der Waals surface area contributed by atoms with Crippen molar-refractivity contribution in [3.05, 3.63) is 35.9 Å². The van der Waals surface area contributed by atoms with Crippen molar-refractivity contribution >= 4 is 5.91 Å². The van der Waals surface area contributed by atoms with Crippen molar-refractivity contribution in [1.82, 2.24) is 5.32 Å². The molecule has 0 saturated carbocycles. The predicted molar refractivity (Wildman–Crippen MR) is 67.3 cm³/mol. The zero-order chi connectivity index (χ0) is 13.1. The Morgan fingerprint density at radius 1 is 1.29 bits per heavy atom. The molecule has 1 aromatic carbocycles. The van der Waals surface area contributed by atoms with Crippen molar-refractivity contribution in [2.45, 2.75) is 38.5 Å². The molecule has 17 heavy (non-hydrogen) atoms. The second kappa shape index (κ2) is 5.29. The van der Waals surface area contributed by atoms with E-state index in [0.29, 0.717) is 5.56 Å². The first-order chi connectivity index (χ1) is 7.81. The summed E-state index contributed by atoms with van der Waals surface area (Å²) in [5, 5.41) is 13.2. The Kier molecular flexibility index (Phi) is 4.26. The number of nitrogens with two attached hydrogens (primary N) is 1. The van der Waals surface area contributed by atoms with E-state index in [1.807, 2.05) is 39.0 Å². The average Bonchev–Trinajstić information content (AvgIpc) is 2.25. The van der Waals surface area contributed by atoms with E-state index < -0.39 is 18.1 Å². The van der Waals surface area contributed by atoms with Gasteiger partial charge in [-0.15, -0.1) is 0 Å². The van der Waals surface area contributed by atoms with Gasteiger partial charge in [0.2, 0.25) is 5.91 Å². The van der Waals surface area contributed by atoms with Crippen LogP contribution in [-0.4, -0.2) is 22.6 Å². The number of hydrogen-bond donors (Lipinski definition) is 3. The van der Waals surface area contributed by atoms with Crippen molar-refractivity contribution < 1.29 is 9.90 Å². The second-order valence-electron chi connectivity index (χ2n) is 5.13. The summed E-state index contributed by atoms with van der Waals surface area (Å²) in [4.78, 5) is 11.4. The van der Waals surface area contributed by atoms with Crippen molar-refractivity contribution in [3.8, 4) is 0 Å².